The summed E-state index contributed by atoms with van der Waals surface area (Å²) in [5, 5.41) is 3.83. The molecular formula is C19H19N2O2S. The van der Waals surface area contributed by atoms with Crippen LogP contribution in [0, 0.1) is 6.20 Å². The quantitative estimate of drug-likeness (QED) is 0.579. The van der Waals surface area contributed by atoms with Crippen molar-refractivity contribution in [1.29, 1.82) is 0 Å². The van der Waals surface area contributed by atoms with Crippen LogP contribution in [0.4, 0.5) is 0 Å². The van der Waals surface area contributed by atoms with Crippen molar-refractivity contribution < 1.29 is 9.47 Å². The fraction of sp³-hybridized carbons (Fsp3) is 0.263. The Bertz CT molecular complexity index is 775. The van der Waals surface area contributed by atoms with E-state index in [2.05, 4.69) is 40.9 Å². The number of aromatic nitrogens is 2. The second-order valence-electron chi connectivity index (χ2n) is 5.33. The summed E-state index contributed by atoms with van der Waals surface area (Å²) in [6.45, 7) is 2.11. The SMILES string of the molecule is CCCC(OC)Oc1ccccc1-c1ccccc1-c1[c]nns1. The zero-order chi connectivity index (χ0) is 16.8. The minimum absolute atomic E-state index is 0.250. The molecule has 1 heterocycles. The van der Waals surface area contributed by atoms with Gasteiger partial charge in [0.05, 0.1) is 4.88 Å². The summed E-state index contributed by atoms with van der Waals surface area (Å²) < 4.78 is 15.5. The number of ether oxygens (including phenoxy) is 2. The Balaban J connectivity index is 2.02. The molecule has 1 aromatic heterocycles. The van der Waals surface area contributed by atoms with Gasteiger partial charge in [0.2, 0.25) is 0 Å². The largest absolute Gasteiger partial charge is 0.464 e. The van der Waals surface area contributed by atoms with E-state index in [0.29, 0.717) is 0 Å². The lowest BCUT2D eigenvalue weighted by atomic mass is 9.98. The second-order valence-corrected chi connectivity index (χ2v) is 6.08. The maximum atomic E-state index is 6.10. The fourth-order valence-corrected chi connectivity index (χ4v) is 3.09. The summed E-state index contributed by atoms with van der Waals surface area (Å²) in [5.74, 6) is 0.808. The Morgan fingerprint density at radius 1 is 1.04 bits per heavy atom. The maximum absolute atomic E-state index is 6.10. The zero-order valence-corrected chi connectivity index (χ0v) is 14.5. The third-order valence-corrected chi connectivity index (χ3v) is 4.38. The zero-order valence-electron chi connectivity index (χ0n) is 13.7. The molecule has 3 rings (SSSR count). The van der Waals surface area contributed by atoms with E-state index in [1.165, 1.54) is 11.5 Å². The predicted molar refractivity (Wildman–Crippen MR) is 96.0 cm³/mol. The molecule has 5 heteroatoms. The predicted octanol–water partition coefficient (Wildman–Crippen LogP) is 4.82. The van der Waals surface area contributed by atoms with E-state index < -0.39 is 0 Å². The number of nitrogens with zero attached hydrogens (tertiary/aromatic N) is 2. The van der Waals surface area contributed by atoms with Crippen molar-refractivity contribution >= 4 is 11.5 Å². The van der Waals surface area contributed by atoms with E-state index in [1.807, 2.05) is 30.3 Å². The van der Waals surface area contributed by atoms with Crippen LogP contribution in [0.5, 0.6) is 5.75 Å². The first-order valence-corrected chi connectivity index (χ1v) is 8.69. The monoisotopic (exact) mass is 339 g/mol. The van der Waals surface area contributed by atoms with Crippen molar-refractivity contribution in [2.24, 2.45) is 0 Å². The van der Waals surface area contributed by atoms with E-state index in [-0.39, 0.29) is 6.29 Å². The molecule has 1 radical (unpaired) electrons. The van der Waals surface area contributed by atoms with Crippen LogP contribution in [0.25, 0.3) is 21.6 Å². The van der Waals surface area contributed by atoms with Crippen LogP contribution in [-0.2, 0) is 4.74 Å². The van der Waals surface area contributed by atoms with Gasteiger partial charge in [-0.1, -0.05) is 60.3 Å². The summed E-state index contributed by atoms with van der Waals surface area (Å²) >= 11 is 1.34. The van der Waals surface area contributed by atoms with E-state index >= 15 is 0 Å². The van der Waals surface area contributed by atoms with Gasteiger partial charge in [0.1, 0.15) is 11.9 Å². The summed E-state index contributed by atoms with van der Waals surface area (Å²) in [5.41, 5.74) is 3.14. The first-order chi connectivity index (χ1) is 11.8. The van der Waals surface area contributed by atoms with E-state index in [0.717, 1.165) is 40.2 Å². The number of benzene rings is 2. The van der Waals surface area contributed by atoms with Crippen LogP contribution in [0.2, 0.25) is 0 Å². The van der Waals surface area contributed by atoms with Gasteiger partial charge >= 0.3 is 0 Å². The van der Waals surface area contributed by atoms with Gasteiger partial charge in [0.25, 0.3) is 0 Å². The number of methoxy groups -OCH3 is 1. The highest BCUT2D eigenvalue weighted by molar-refractivity contribution is 7.09. The van der Waals surface area contributed by atoms with Gasteiger partial charge in [-0.15, -0.1) is 5.10 Å². The van der Waals surface area contributed by atoms with Crippen molar-refractivity contribution in [2.45, 2.75) is 26.1 Å². The molecule has 0 aliphatic heterocycles. The van der Waals surface area contributed by atoms with Crippen LogP contribution < -0.4 is 4.74 Å². The van der Waals surface area contributed by atoms with Gasteiger partial charge in [0.15, 0.2) is 6.29 Å². The molecule has 0 aliphatic rings. The molecule has 1 atom stereocenters. The highest BCUT2D eigenvalue weighted by Crippen LogP contribution is 2.38. The van der Waals surface area contributed by atoms with Gasteiger partial charge in [-0.05, 0) is 23.2 Å². The standard InChI is InChI=1S/C19H19N2O2S/c1-3-8-19(22-2)23-17-12-7-6-10-15(17)14-9-4-5-11-16(14)18-13-20-21-24-18/h4-7,9-12,19H,3,8H2,1-2H3. The molecule has 3 aromatic rings. The molecule has 0 bridgehead atoms. The molecule has 0 saturated carbocycles. The first kappa shape index (κ1) is 16.6. The topological polar surface area (TPSA) is 44.2 Å². The molecule has 0 N–H and O–H groups in total. The maximum Gasteiger partial charge on any atom is 0.199 e. The van der Waals surface area contributed by atoms with E-state index in [9.17, 15) is 0 Å². The second kappa shape index (κ2) is 8.04. The summed E-state index contributed by atoms with van der Waals surface area (Å²) in [7, 11) is 1.68. The third kappa shape index (κ3) is 3.63. The summed E-state index contributed by atoms with van der Waals surface area (Å²) in [4.78, 5) is 0.914. The van der Waals surface area contributed by atoms with E-state index in [4.69, 9.17) is 9.47 Å². The molecule has 4 nitrogen and oxygen atoms in total. The Kier molecular flexibility index (Phi) is 5.56. The molecule has 123 valence electrons. The molecule has 0 aliphatic carbocycles. The fourth-order valence-electron chi connectivity index (χ4n) is 2.57. The normalized spacial score (nSPS) is 12.1. The van der Waals surface area contributed by atoms with Crippen molar-refractivity contribution in [3.05, 3.63) is 54.7 Å². The lowest BCUT2D eigenvalue weighted by molar-refractivity contribution is -0.0580. The van der Waals surface area contributed by atoms with Crippen molar-refractivity contribution in [3.63, 3.8) is 0 Å². The molecule has 24 heavy (non-hydrogen) atoms. The van der Waals surface area contributed by atoms with Crippen LogP contribution in [-0.4, -0.2) is 23.0 Å². The van der Waals surface area contributed by atoms with Crippen molar-refractivity contribution in [3.8, 4) is 27.3 Å². The van der Waals surface area contributed by atoms with Gasteiger partial charge in [0, 0.05) is 24.7 Å². The third-order valence-electron chi connectivity index (χ3n) is 3.72. The minimum Gasteiger partial charge on any atom is -0.464 e. The molecule has 1 unspecified atom stereocenters. The van der Waals surface area contributed by atoms with Crippen LogP contribution >= 0.6 is 11.5 Å². The highest BCUT2D eigenvalue weighted by atomic mass is 32.1. The average molecular weight is 339 g/mol. The Morgan fingerprint density at radius 2 is 1.75 bits per heavy atom. The van der Waals surface area contributed by atoms with Gasteiger partial charge in [-0.2, -0.15) is 0 Å². The molecular weight excluding hydrogens is 320 g/mol. The minimum atomic E-state index is -0.250. The lowest BCUT2D eigenvalue weighted by Crippen LogP contribution is -2.18. The first-order valence-electron chi connectivity index (χ1n) is 7.91. The van der Waals surface area contributed by atoms with Crippen molar-refractivity contribution in [1.82, 2.24) is 9.59 Å². The summed E-state index contributed by atoms with van der Waals surface area (Å²) in [6.07, 6.45) is 4.54. The van der Waals surface area contributed by atoms with Gasteiger partial charge in [-0.25, -0.2) is 0 Å². The molecule has 0 amide bonds. The lowest BCUT2D eigenvalue weighted by Gasteiger charge is -2.20. The Hall–Kier alpha value is -2.24. The molecule has 0 spiro atoms. The van der Waals surface area contributed by atoms with Crippen LogP contribution in [0.3, 0.4) is 0 Å². The van der Waals surface area contributed by atoms with Gasteiger partial charge < -0.3 is 9.47 Å². The summed E-state index contributed by atoms with van der Waals surface area (Å²) in [6, 6.07) is 16.2. The van der Waals surface area contributed by atoms with E-state index in [1.54, 1.807) is 7.11 Å². The Labute approximate surface area is 146 Å². The average Bonchev–Trinajstić information content (AvgIpc) is 3.16. The smallest absolute Gasteiger partial charge is 0.199 e. The highest BCUT2D eigenvalue weighted by Gasteiger charge is 2.15. The number of rotatable bonds is 7. The number of para-hydroxylation sites is 1. The Morgan fingerprint density at radius 3 is 2.42 bits per heavy atom. The number of hydrogen-bond donors (Lipinski definition) is 0. The molecule has 0 fully saturated rings. The molecule has 2 aromatic carbocycles. The van der Waals surface area contributed by atoms with Crippen molar-refractivity contribution in [2.75, 3.05) is 7.11 Å². The van der Waals surface area contributed by atoms with Gasteiger partial charge in [-0.3, -0.25) is 0 Å². The van der Waals surface area contributed by atoms with Crippen LogP contribution in [0.1, 0.15) is 19.8 Å². The number of hydrogen-bond acceptors (Lipinski definition) is 5. The van der Waals surface area contributed by atoms with Crippen LogP contribution in [0.15, 0.2) is 48.5 Å². The molecule has 0 saturated heterocycles.